The lowest BCUT2D eigenvalue weighted by atomic mass is 9.75. The molecule has 0 saturated carbocycles. The first-order valence-corrected chi connectivity index (χ1v) is 16.7. The number of aryl methyl sites for hydroxylation is 1. The Bertz CT molecular complexity index is 1640. The number of nitrogens with zero attached hydrogens (tertiary/aromatic N) is 3. The number of carbonyl (C=O) groups excluding carboxylic acids is 2. The minimum absolute atomic E-state index is 0.153. The van der Waals surface area contributed by atoms with E-state index < -0.39 is 23.5 Å². The van der Waals surface area contributed by atoms with Crippen LogP contribution in [0.1, 0.15) is 49.7 Å². The molecule has 1 aliphatic rings. The fourth-order valence-electron chi connectivity index (χ4n) is 6.68. The van der Waals surface area contributed by atoms with Gasteiger partial charge in [0.2, 0.25) is 5.91 Å². The molecule has 5 atom stereocenters. The van der Waals surface area contributed by atoms with Crippen molar-refractivity contribution in [2.75, 3.05) is 6.54 Å². The van der Waals surface area contributed by atoms with Gasteiger partial charge in [0.15, 0.2) is 0 Å². The summed E-state index contributed by atoms with van der Waals surface area (Å²) in [5.74, 6) is -0.677. The van der Waals surface area contributed by atoms with Crippen LogP contribution in [0.25, 0.3) is 11.1 Å². The van der Waals surface area contributed by atoms with Gasteiger partial charge in [0, 0.05) is 36.7 Å². The smallest absolute Gasteiger partial charge is 0.318 e. The molecule has 5 rings (SSSR count). The molecule has 9 heteroatoms. The molecule has 1 aliphatic heterocycles. The summed E-state index contributed by atoms with van der Waals surface area (Å²) in [5.41, 5.74) is 12.0. The highest BCUT2D eigenvalue weighted by atomic mass is 16.3. The molecule has 4 aromatic rings. The summed E-state index contributed by atoms with van der Waals surface area (Å²) < 4.78 is 0. The number of rotatable bonds is 13. The molecule has 0 radical (unpaired) electrons. The first-order chi connectivity index (χ1) is 23.0. The van der Waals surface area contributed by atoms with Crippen molar-refractivity contribution in [3.63, 3.8) is 0 Å². The Hall–Kier alpha value is -4.60. The van der Waals surface area contributed by atoms with Crippen molar-refractivity contribution >= 4 is 11.9 Å². The van der Waals surface area contributed by atoms with Gasteiger partial charge >= 0.3 is 6.03 Å². The zero-order chi connectivity index (χ0) is 34.3. The maximum Gasteiger partial charge on any atom is 0.318 e. The van der Waals surface area contributed by atoms with Crippen molar-refractivity contribution in [1.29, 1.82) is 0 Å². The van der Waals surface area contributed by atoms with Crippen molar-refractivity contribution < 1.29 is 14.7 Å². The third-order valence-electron chi connectivity index (χ3n) is 9.13. The van der Waals surface area contributed by atoms with E-state index in [4.69, 9.17) is 5.73 Å². The summed E-state index contributed by atoms with van der Waals surface area (Å²) in [7, 11) is 0. The highest BCUT2D eigenvalue weighted by molar-refractivity contribution is 5.84. The van der Waals surface area contributed by atoms with Crippen LogP contribution < -0.4 is 16.4 Å². The third-order valence-corrected chi connectivity index (χ3v) is 9.13. The van der Waals surface area contributed by atoms with Crippen molar-refractivity contribution in [1.82, 2.24) is 25.5 Å². The number of hydrogen-bond acceptors (Lipinski definition) is 6. The van der Waals surface area contributed by atoms with Gasteiger partial charge in [0.05, 0.1) is 30.3 Å². The van der Waals surface area contributed by atoms with E-state index >= 15 is 0 Å². The Morgan fingerprint density at radius 1 is 0.958 bits per heavy atom. The molecule has 0 bridgehead atoms. The lowest BCUT2D eigenvalue weighted by molar-refractivity contribution is -0.131. The number of aromatic nitrogens is 2. The monoisotopic (exact) mass is 648 g/mol. The van der Waals surface area contributed by atoms with E-state index in [1.807, 2.05) is 100 Å². The highest BCUT2D eigenvalue weighted by Crippen LogP contribution is 2.34. The number of aliphatic hydroxyl groups is 1. The second-order valence-corrected chi connectivity index (χ2v) is 14.0. The highest BCUT2D eigenvalue weighted by Gasteiger charge is 2.46. The second kappa shape index (κ2) is 15.5. The minimum atomic E-state index is -0.856. The number of benzene rings is 2. The maximum absolute atomic E-state index is 14.3. The van der Waals surface area contributed by atoms with E-state index in [-0.39, 0.29) is 30.4 Å². The molecule has 252 valence electrons. The van der Waals surface area contributed by atoms with Crippen molar-refractivity contribution in [3.8, 4) is 11.1 Å². The lowest BCUT2D eigenvalue weighted by Crippen LogP contribution is -2.54. The van der Waals surface area contributed by atoms with Gasteiger partial charge in [-0.25, -0.2) is 4.79 Å². The molecule has 0 aliphatic carbocycles. The largest absolute Gasteiger partial charge is 0.391 e. The number of hydrogen-bond donors (Lipinski definition) is 4. The Balaban J connectivity index is 1.31. The summed E-state index contributed by atoms with van der Waals surface area (Å²) in [4.78, 5) is 37.8. The summed E-state index contributed by atoms with van der Waals surface area (Å²) in [6.07, 6.45) is 4.00. The average molecular weight is 649 g/mol. The molecule has 1 unspecified atom stereocenters. The number of carbonyl (C=O) groups is 2. The maximum atomic E-state index is 14.3. The van der Waals surface area contributed by atoms with Crippen molar-refractivity contribution in [3.05, 3.63) is 120 Å². The normalized spacial score (nSPS) is 17.3. The van der Waals surface area contributed by atoms with Crippen LogP contribution in [0.5, 0.6) is 0 Å². The quantitative estimate of drug-likeness (QED) is 0.160. The van der Waals surface area contributed by atoms with Gasteiger partial charge in [0.25, 0.3) is 0 Å². The molecule has 9 nitrogen and oxygen atoms in total. The fourth-order valence-corrected chi connectivity index (χ4v) is 6.68. The Morgan fingerprint density at radius 3 is 2.29 bits per heavy atom. The number of pyridine rings is 2. The van der Waals surface area contributed by atoms with Crippen LogP contribution >= 0.6 is 0 Å². The molecule has 3 heterocycles. The van der Waals surface area contributed by atoms with Gasteiger partial charge in [-0.15, -0.1) is 0 Å². The Morgan fingerprint density at radius 2 is 1.62 bits per heavy atom. The van der Waals surface area contributed by atoms with Crippen LogP contribution in [0.3, 0.4) is 0 Å². The second-order valence-electron chi connectivity index (χ2n) is 14.0. The molecule has 2 aromatic heterocycles. The molecule has 2 aromatic carbocycles. The minimum Gasteiger partial charge on any atom is -0.391 e. The van der Waals surface area contributed by atoms with Gasteiger partial charge in [-0.3, -0.25) is 14.8 Å². The zero-order valence-electron chi connectivity index (χ0n) is 28.3. The van der Waals surface area contributed by atoms with Gasteiger partial charge < -0.3 is 26.4 Å². The topological polar surface area (TPSA) is 133 Å². The Kier molecular flexibility index (Phi) is 11.2. The van der Waals surface area contributed by atoms with Gasteiger partial charge in [0.1, 0.15) is 0 Å². The average Bonchev–Trinajstić information content (AvgIpc) is 3.40. The Labute approximate surface area is 284 Å². The number of nitrogens with two attached hydrogens (primary N) is 1. The number of amides is 3. The molecule has 1 saturated heterocycles. The molecule has 0 spiro atoms. The summed E-state index contributed by atoms with van der Waals surface area (Å²) in [6, 6.07) is 26.3. The first kappa shape index (κ1) is 34.7. The van der Waals surface area contributed by atoms with Crippen LogP contribution in [0.15, 0.2) is 97.3 Å². The summed E-state index contributed by atoms with van der Waals surface area (Å²) in [6.45, 7) is 8.67. The van der Waals surface area contributed by atoms with E-state index in [0.29, 0.717) is 25.9 Å². The van der Waals surface area contributed by atoms with Crippen LogP contribution in [-0.4, -0.2) is 62.7 Å². The zero-order valence-corrected chi connectivity index (χ0v) is 28.3. The van der Waals surface area contributed by atoms with Gasteiger partial charge in [-0.1, -0.05) is 81.4 Å². The predicted molar refractivity (Wildman–Crippen MR) is 189 cm³/mol. The van der Waals surface area contributed by atoms with Crippen LogP contribution in [-0.2, 0) is 24.2 Å². The van der Waals surface area contributed by atoms with Crippen LogP contribution in [0, 0.1) is 18.3 Å². The van der Waals surface area contributed by atoms with E-state index in [1.54, 1.807) is 17.3 Å². The molecule has 48 heavy (non-hydrogen) atoms. The first-order valence-electron chi connectivity index (χ1n) is 16.7. The number of aliphatic hydroxyl groups excluding tert-OH is 1. The predicted octanol–water partition coefficient (Wildman–Crippen LogP) is 5.06. The van der Waals surface area contributed by atoms with E-state index in [0.717, 1.165) is 33.6 Å². The molecule has 3 amide bonds. The van der Waals surface area contributed by atoms with Crippen LogP contribution in [0.2, 0.25) is 0 Å². The van der Waals surface area contributed by atoms with Crippen molar-refractivity contribution in [2.45, 2.75) is 77.7 Å². The third kappa shape index (κ3) is 9.05. The number of urea groups is 1. The molecular weight excluding hydrogens is 600 g/mol. The van der Waals surface area contributed by atoms with Crippen molar-refractivity contribution in [2.24, 2.45) is 17.1 Å². The van der Waals surface area contributed by atoms with E-state index in [2.05, 4.69) is 32.7 Å². The van der Waals surface area contributed by atoms with Gasteiger partial charge in [-0.2, -0.15) is 0 Å². The summed E-state index contributed by atoms with van der Waals surface area (Å²) in [5, 5.41) is 17.6. The SMILES string of the molecule is Cc1cccc(CN2C(=O)NCC2[C@@H](C(=O)N[C@@H](Cc2ccccc2)C[C@H](O)[C@@H](N)Cc2ccc(-c3ccncc3)cc2)C(C)(C)C)n1. The standard InChI is InChI=1S/C39H48N6O3/c1-26-9-8-12-31(43-26)25-45-34(24-42-38(45)48)36(39(2,3)4)37(47)44-32(21-27-10-6-5-7-11-27)23-35(46)33(40)22-28-13-15-29(16-14-28)30-17-19-41-20-18-30/h5-20,32-36,46H,21-25,40H2,1-4H3,(H,42,48)(H,44,47)/t32-,33-,34?,35-,36-/m0/s1. The number of nitrogens with one attached hydrogen (secondary N) is 2. The van der Waals surface area contributed by atoms with Gasteiger partial charge in [-0.05, 0) is 78.1 Å². The van der Waals surface area contributed by atoms with Crippen LogP contribution in [0.4, 0.5) is 4.79 Å². The summed E-state index contributed by atoms with van der Waals surface area (Å²) >= 11 is 0. The lowest BCUT2D eigenvalue weighted by Gasteiger charge is -2.38. The van der Waals surface area contributed by atoms with E-state index in [1.165, 1.54) is 0 Å². The molecular formula is C39H48N6O3. The fraction of sp³-hybridized carbons (Fsp3) is 0.385. The molecule has 5 N–H and O–H groups in total. The van der Waals surface area contributed by atoms with E-state index in [9.17, 15) is 14.7 Å². The molecule has 1 fully saturated rings.